The third-order valence-electron chi connectivity index (χ3n) is 4.65. The quantitative estimate of drug-likeness (QED) is 0.349. The van der Waals surface area contributed by atoms with Crippen molar-refractivity contribution in [3.05, 3.63) is 116 Å². The molecule has 0 saturated carbocycles. The highest BCUT2D eigenvalue weighted by molar-refractivity contribution is 6.37. The summed E-state index contributed by atoms with van der Waals surface area (Å²) >= 11 is 0. The molecule has 0 N–H and O–H groups in total. The van der Waals surface area contributed by atoms with Crippen LogP contribution in [0.1, 0.15) is 11.1 Å². The molecule has 1 aliphatic heterocycles. The van der Waals surface area contributed by atoms with E-state index in [0.717, 1.165) is 0 Å². The van der Waals surface area contributed by atoms with E-state index < -0.39 is 15.8 Å². The van der Waals surface area contributed by atoms with E-state index in [1.54, 1.807) is 18.2 Å². The number of rotatable bonds is 5. The lowest BCUT2D eigenvalue weighted by Crippen LogP contribution is -2.21. The van der Waals surface area contributed by atoms with Gasteiger partial charge in [-0.05, 0) is 35.9 Å². The van der Waals surface area contributed by atoms with E-state index in [-0.39, 0.29) is 11.4 Å². The Kier molecular flexibility index (Phi) is 5.07. The first-order chi connectivity index (χ1) is 14.9. The summed E-state index contributed by atoms with van der Waals surface area (Å²) in [7, 11) is 0. The largest absolute Gasteiger partial charge is 0.281 e. The second-order valence-electron chi connectivity index (χ2n) is 6.61. The van der Waals surface area contributed by atoms with Crippen molar-refractivity contribution in [2.75, 3.05) is 5.01 Å². The minimum Gasteiger partial charge on any atom is -0.267 e. The number of hydrogen-bond acceptors (Lipinski definition) is 6. The number of amides is 1. The van der Waals surface area contributed by atoms with Gasteiger partial charge in [0, 0.05) is 29.8 Å². The molecule has 4 rings (SSSR count). The Balaban J connectivity index is 1.76. The third kappa shape index (κ3) is 3.92. The van der Waals surface area contributed by atoms with Crippen LogP contribution in [0.2, 0.25) is 0 Å². The normalized spacial score (nSPS) is 14.6. The molecule has 0 unspecified atom stereocenters. The summed E-state index contributed by atoms with van der Waals surface area (Å²) in [6.45, 7) is 0. The van der Waals surface area contributed by atoms with Crippen molar-refractivity contribution in [3.8, 4) is 0 Å². The number of hydrogen-bond donors (Lipinski definition) is 0. The SMILES string of the molecule is O=C1/C(=C\c2ccc([N+](=O)[O-])cc2)C(c2ccccc2)=NN1c1ccc([N+](=O)[O-])cc1. The second kappa shape index (κ2) is 7.99. The Morgan fingerprint density at radius 3 is 1.87 bits per heavy atom. The highest BCUT2D eigenvalue weighted by Gasteiger charge is 2.32. The zero-order valence-electron chi connectivity index (χ0n) is 15.9. The molecule has 0 aliphatic carbocycles. The van der Waals surface area contributed by atoms with Crippen LogP contribution < -0.4 is 5.01 Å². The van der Waals surface area contributed by atoms with Crippen LogP contribution in [-0.4, -0.2) is 21.5 Å². The van der Waals surface area contributed by atoms with Crippen LogP contribution in [0.3, 0.4) is 0 Å². The number of carbonyl (C=O) groups excluding carboxylic acids is 1. The fourth-order valence-electron chi connectivity index (χ4n) is 3.10. The topological polar surface area (TPSA) is 119 Å². The maximum Gasteiger partial charge on any atom is 0.281 e. The number of non-ortho nitro benzene ring substituents is 2. The van der Waals surface area contributed by atoms with Crippen LogP contribution in [0.15, 0.2) is 89.5 Å². The molecule has 0 fully saturated rings. The molecule has 0 spiro atoms. The van der Waals surface area contributed by atoms with Gasteiger partial charge < -0.3 is 0 Å². The van der Waals surface area contributed by atoms with Crippen molar-refractivity contribution >= 4 is 34.8 Å². The van der Waals surface area contributed by atoms with Crippen molar-refractivity contribution in [2.45, 2.75) is 0 Å². The average Bonchev–Trinajstić information content (AvgIpc) is 3.11. The lowest BCUT2D eigenvalue weighted by Gasteiger charge is -2.11. The maximum absolute atomic E-state index is 13.2. The number of nitrogens with zero attached hydrogens (tertiary/aromatic N) is 4. The summed E-state index contributed by atoms with van der Waals surface area (Å²) in [5.41, 5.74) is 2.29. The van der Waals surface area contributed by atoms with Gasteiger partial charge in [0.2, 0.25) is 0 Å². The lowest BCUT2D eigenvalue weighted by atomic mass is 10.00. The van der Waals surface area contributed by atoms with Gasteiger partial charge in [-0.1, -0.05) is 30.3 Å². The zero-order chi connectivity index (χ0) is 22.0. The fraction of sp³-hybridized carbons (Fsp3) is 0. The molecule has 0 bridgehead atoms. The highest BCUT2D eigenvalue weighted by atomic mass is 16.6. The first kappa shape index (κ1) is 19.6. The predicted octanol–water partition coefficient (Wildman–Crippen LogP) is 4.34. The standard InChI is InChI=1S/C22H14N4O5/c27-22-20(14-15-6-8-18(9-7-15)25(28)29)21(16-4-2-1-3-5-16)23-24(22)17-10-12-19(13-11-17)26(30)31/h1-14H/b20-14-. The lowest BCUT2D eigenvalue weighted by molar-refractivity contribution is -0.385. The number of hydrazone groups is 1. The van der Waals surface area contributed by atoms with Gasteiger partial charge in [0.15, 0.2) is 0 Å². The molecular formula is C22H14N4O5. The van der Waals surface area contributed by atoms with Crippen LogP contribution in [-0.2, 0) is 4.79 Å². The highest BCUT2D eigenvalue weighted by Crippen LogP contribution is 2.29. The summed E-state index contributed by atoms with van der Waals surface area (Å²) in [5, 5.41) is 27.4. The van der Waals surface area contributed by atoms with Crippen molar-refractivity contribution in [1.29, 1.82) is 0 Å². The predicted molar refractivity (Wildman–Crippen MR) is 115 cm³/mol. The van der Waals surface area contributed by atoms with E-state index in [1.165, 1.54) is 41.4 Å². The number of carbonyl (C=O) groups is 1. The minimum absolute atomic E-state index is 0.0515. The molecule has 3 aromatic carbocycles. The van der Waals surface area contributed by atoms with E-state index in [4.69, 9.17) is 0 Å². The maximum atomic E-state index is 13.2. The summed E-state index contributed by atoms with van der Waals surface area (Å²) in [4.78, 5) is 34.0. The summed E-state index contributed by atoms with van der Waals surface area (Å²) in [6.07, 6.45) is 1.61. The number of benzene rings is 3. The Morgan fingerprint density at radius 2 is 1.32 bits per heavy atom. The van der Waals surface area contributed by atoms with Gasteiger partial charge in [-0.25, -0.2) is 0 Å². The van der Waals surface area contributed by atoms with Gasteiger partial charge in [0.1, 0.15) is 5.71 Å². The first-order valence-corrected chi connectivity index (χ1v) is 9.13. The van der Waals surface area contributed by atoms with Gasteiger partial charge in [0.25, 0.3) is 17.3 Å². The molecule has 9 heteroatoms. The molecule has 0 aromatic heterocycles. The molecule has 1 aliphatic rings. The average molecular weight is 414 g/mol. The number of anilines is 1. The molecule has 1 heterocycles. The van der Waals surface area contributed by atoms with Gasteiger partial charge in [-0.2, -0.15) is 10.1 Å². The van der Waals surface area contributed by atoms with Crippen molar-refractivity contribution in [3.63, 3.8) is 0 Å². The second-order valence-corrected chi connectivity index (χ2v) is 6.61. The van der Waals surface area contributed by atoms with E-state index in [9.17, 15) is 25.0 Å². The van der Waals surface area contributed by atoms with Gasteiger partial charge in [-0.15, -0.1) is 0 Å². The van der Waals surface area contributed by atoms with E-state index in [2.05, 4.69) is 5.10 Å². The molecule has 9 nitrogen and oxygen atoms in total. The number of nitro benzene ring substituents is 2. The number of nitro groups is 2. The van der Waals surface area contributed by atoms with Crippen LogP contribution in [0.4, 0.5) is 17.1 Å². The van der Waals surface area contributed by atoms with Crippen molar-refractivity contribution in [1.82, 2.24) is 0 Å². The zero-order valence-corrected chi connectivity index (χ0v) is 15.9. The van der Waals surface area contributed by atoms with Gasteiger partial charge in [0.05, 0.1) is 21.1 Å². The van der Waals surface area contributed by atoms with Crippen LogP contribution in [0.25, 0.3) is 6.08 Å². The van der Waals surface area contributed by atoms with E-state index in [0.29, 0.717) is 28.1 Å². The Hall–Kier alpha value is -4.66. The molecular weight excluding hydrogens is 400 g/mol. The van der Waals surface area contributed by atoms with Crippen LogP contribution >= 0.6 is 0 Å². The van der Waals surface area contributed by atoms with E-state index in [1.807, 2.05) is 30.3 Å². The third-order valence-corrected chi connectivity index (χ3v) is 4.65. The molecule has 0 saturated heterocycles. The fourth-order valence-corrected chi connectivity index (χ4v) is 3.10. The van der Waals surface area contributed by atoms with E-state index >= 15 is 0 Å². The van der Waals surface area contributed by atoms with Gasteiger partial charge >= 0.3 is 0 Å². The molecule has 31 heavy (non-hydrogen) atoms. The van der Waals surface area contributed by atoms with Gasteiger partial charge in [-0.3, -0.25) is 25.0 Å². The first-order valence-electron chi connectivity index (χ1n) is 9.13. The summed E-state index contributed by atoms with van der Waals surface area (Å²) in [6, 6.07) is 20.5. The Morgan fingerprint density at radius 1 is 0.774 bits per heavy atom. The Labute approximate surface area is 175 Å². The minimum atomic E-state index is -0.520. The smallest absolute Gasteiger partial charge is 0.267 e. The molecule has 3 aromatic rings. The molecule has 0 radical (unpaired) electrons. The molecule has 0 atom stereocenters. The van der Waals surface area contributed by atoms with Crippen molar-refractivity contribution in [2.24, 2.45) is 5.10 Å². The summed E-state index contributed by atoms with van der Waals surface area (Å²) in [5.74, 6) is -0.411. The van der Waals surface area contributed by atoms with Crippen LogP contribution in [0, 0.1) is 20.2 Å². The van der Waals surface area contributed by atoms with Crippen LogP contribution in [0.5, 0.6) is 0 Å². The molecule has 152 valence electrons. The Bertz CT molecular complexity index is 1230. The monoisotopic (exact) mass is 414 g/mol. The van der Waals surface area contributed by atoms with Crippen molar-refractivity contribution < 1.29 is 14.6 Å². The summed E-state index contributed by atoms with van der Waals surface area (Å²) < 4.78 is 0. The molecule has 1 amide bonds.